The lowest BCUT2D eigenvalue weighted by molar-refractivity contribution is -0.137. The lowest BCUT2D eigenvalue weighted by atomic mass is 10.1. The number of fused-ring (bicyclic) bond motifs is 1. The Labute approximate surface area is 143 Å². The zero-order valence-corrected chi connectivity index (χ0v) is 13.3. The highest BCUT2D eigenvalue weighted by molar-refractivity contribution is 5.94. The van der Waals surface area contributed by atoms with Gasteiger partial charge >= 0.3 is 5.97 Å². The fourth-order valence-corrected chi connectivity index (χ4v) is 2.90. The van der Waals surface area contributed by atoms with Crippen molar-refractivity contribution in [2.24, 2.45) is 0 Å². The molecule has 2 aromatic heterocycles. The zero-order valence-electron chi connectivity index (χ0n) is 13.3. The summed E-state index contributed by atoms with van der Waals surface area (Å²) in [4.78, 5) is 11.1. The van der Waals surface area contributed by atoms with Crippen molar-refractivity contribution in [1.29, 1.82) is 0 Å². The monoisotopic (exact) mass is 333 g/mol. The van der Waals surface area contributed by atoms with Crippen LogP contribution in [0.4, 0.5) is 0 Å². The van der Waals surface area contributed by atoms with E-state index in [0.29, 0.717) is 18.2 Å². The van der Waals surface area contributed by atoms with Crippen molar-refractivity contribution in [3.8, 4) is 11.5 Å². The van der Waals surface area contributed by atoms with Gasteiger partial charge in [-0.15, -0.1) is 10.2 Å². The molecule has 4 aromatic rings. The normalized spacial score (nSPS) is 11.0. The predicted molar refractivity (Wildman–Crippen MR) is 92.1 cm³/mol. The van der Waals surface area contributed by atoms with Gasteiger partial charge in [0.05, 0.1) is 12.0 Å². The maximum Gasteiger partial charge on any atom is 0.323 e. The van der Waals surface area contributed by atoms with Gasteiger partial charge in [-0.2, -0.15) is 0 Å². The van der Waals surface area contributed by atoms with Crippen molar-refractivity contribution in [2.75, 3.05) is 0 Å². The summed E-state index contributed by atoms with van der Waals surface area (Å²) in [5, 5.41) is 18.3. The Morgan fingerprint density at radius 3 is 2.60 bits per heavy atom. The maximum absolute atomic E-state index is 11.1. The third kappa shape index (κ3) is 3.01. The van der Waals surface area contributed by atoms with Gasteiger partial charge in [-0.1, -0.05) is 48.5 Å². The van der Waals surface area contributed by atoms with Gasteiger partial charge in [0.1, 0.15) is 6.54 Å². The van der Waals surface area contributed by atoms with Crippen LogP contribution in [0.2, 0.25) is 0 Å². The molecule has 0 unspecified atom stereocenters. The van der Waals surface area contributed by atoms with Gasteiger partial charge in [0, 0.05) is 17.1 Å². The van der Waals surface area contributed by atoms with E-state index in [-0.39, 0.29) is 6.54 Å². The summed E-state index contributed by atoms with van der Waals surface area (Å²) < 4.78 is 7.49. The number of aliphatic carboxylic acids is 1. The van der Waals surface area contributed by atoms with E-state index in [4.69, 9.17) is 9.52 Å². The van der Waals surface area contributed by atoms with Crippen molar-refractivity contribution < 1.29 is 14.3 Å². The number of nitrogens with zero attached hydrogens (tertiary/aromatic N) is 3. The Bertz CT molecular complexity index is 1030. The second-order valence-electron chi connectivity index (χ2n) is 5.74. The molecule has 0 aliphatic carbocycles. The number of hydrogen-bond acceptors (Lipinski definition) is 4. The van der Waals surface area contributed by atoms with Gasteiger partial charge in [-0.3, -0.25) is 4.79 Å². The quantitative estimate of drug-likeness (QED) is 0.605. The number of hydrogen-bond donors (Lipinski definition) is 1. The lowest BCUT2D eigenvalue weighted by Crippen LogP contribution is -2.07. The minimum absolute atomic E-state index is 0.120. The number of carbonyl (C=O) groups is 1. The average Bonchev–Trinajstić information content (AvgIpc) is 3.21. The summed E-state index contributed by atoms with van der Waals surface area (Å²) in [5.41, 5.74) is 2.65. The highest BCUT2D eigenvalue weighted by atomic mass is 16.4. The summed E-state index contributed by atoms with van der Waals surface area (Å²) >= 11 is 0. The third-order valence-corrected chi connectivity index (χ3v) is 3.99. The zero-order chi connectivity index (χ0) is 17.2. The Hall–Kier alpha value is -3.41. The Kier molecular flexibility index (Phi) is 3.78. The van der Waals surface area contributed by atoms with Crippen molar-refractivity contribution in [2.45, 2.75) is 13.0 Å². The molecule has 0 saturated heterocycles. The SMILES string of the molecule is O=C(O)Cn1cc(-c2nnc(Cc3ccccc3)o2)c2ccccc21. The van der Waals surface area contributed by atoms with Gasteiger partial charge in [0.2, 0.25) is 11.8 Å². The van der Waals surface area contributed by atoms with E-state index < -0.39 is 5.97 Å². The van der Waals surface area contributed by atoms with Crippen LogP contribution < -0.4 is 0 Å². The molecule has 124 valence electrons. The first kappa shape index (κ1) is 15.1. The smallest absolute Gasteiger partial charge is 0.323 e. The van der Waals surface area contributed by atoms with E-state index in [1.54, 1.807) is 10.8 Å². The first-order valence-corrected chi connectivity index (χ1v) is 7.87. The Morgan fingerprint density at radius 1 is 1.04 bits per heavy atom. The van der Waals surface area contributed by atoms with E-state index in [1.165, 1.54) is 0 Å². The van der Waals surface area contributed by atoms with Crippen molar-refractivity contribution in [3.05, 3.63) is 72.2 Å². The molecule has 2 aromatic carbocycles. The minimum atomic E-state index is -0.900. The first-order chi connectivity index (χ1) is 12.2. The number of rotatable bonds is 5. The minimum Gasteiger partial charge on any atom is -0.480 e. The van der Waals surface area contributed by atoms with Crippen LogP contribution in [-0.4, -0.2) is 25.8 Å². The molecule has 0 saturated carbocycles. The number of carboxylic acid groups (broad SMARTS) is 1. The molecule has 0 radical (unpaired) electrons. The maximum atomic E-state index is 11.1. The fourth-order valence-electron chi connectivity index (χ4n) is 2.90. The third-order valence-electron chi connectivity index (χ3n) is 3.99. The van der Waals surface area contributed by atoms with Crippen molar-refractivity contribution >= 4 is 16.9 Å². The molecule has 1 N–H and O–H groups in total. The molecule has 0 fully saturated rings. The summed E-state index contributed by atoms with van der Waals surface area (Å²) in [7, 11) is 0. The summed E-state index contributed by atoms with van der Waals surface area (Å²) in [5.74, 6) is 0.0186. The largest absolute Gasteiger partial charge is 0.480 e. The summed E-state index contributed by atoms with van der Waals surface area (Å²) in [6.07, 6.45) is 2.31. The molecule has 2 heterocycles. The topological polar surface area (TPSA) is 81.1 Å². The van der Waals surface area contributed by atoms with Gasteiger partial charge in [0.25, 0.3) is 0 Å². The van der Waals surface area contributed by atoms with E-state index >= 15 is 0 Å². The molecule has 6 nitrogen and oxygen atoms in total. The first-order valence-electron chi connectivity index (χ1n) is 7.87. The standard InChI is InChI=1S/C19H15N3O3/c23-18(24)12-22-11-15(14-8-4-5-9-16(14)22)19-21-20-17(25-19)10-13-6-2-1-3-7-13/h1-9,11H,10,12H2,(H,23,24). The van der Waals surface area contributed by atoms with Crippen molar-refractivity contribution in [3.63, 3.8) is 0 Å². The molecule has 0 atom stereocenters. The highest BCUT2D eigenvalue weighted by Gasteiger charge is 2.16. The Balaban J connectivity index is 1.71. The summed E-state index contributed by atoms with van der Waals surface area (Å²) in [6.45, 7) is -0.120. The van der Waals surface area contributed by atoms with Gasteiger partial charge in [-0.25, -0.2) is 0 Å². The van der Waals surface area contributed by atoms with E-state index in [0.717, 1.165) is 22.0 Å². The molecule has 25 heavy (non-hydrogen) atoms. The number of para-hydroxylation sites is 1. The summed E-state index contributed by atoms with van der Waals surface area (Å²) in [6, 6.07) is 17.5. The van der Waals surface area contributed by atoms with Crippen LogP contribution in [0.5, 0.6) is 0 Å². The molecule has 6 heteroatoms. The molecule has 0 spiro atoms. The van der Waals surface area contributed by atoms with Crippen LogP contribution >= 0.6 is 0 Å². The van der Waals surface area contributed by atoms with Crippen LogP contribution in [-0.2, 0) is 17.8 Å². The molecule has 0 aliphatic heterocycles. The lowest BCUT2D eigenvalue weighted by Gasteiger charge is -1.99. The molecule has 0 bridgehead atoms. The fraction of sp³-hybridized carbons (Fsp3) is 0.105. The van der Waals surface area contributed by atoms with Crippen LogP contribution in [0.15, 0.2) is 65.2 Å². The number of carboxylic acids is 1. The van der Waals surface area contributed by atoms with Crippen LogP contribution in [0.1, 0.15) is 11.5 Å². The molecular weight excluding hydrogens is 318 g/mol. The second-order valence-corrected chi connectivity index (χ2v) is 5.74. The van der Waals surface area contributed by atoms with Gasteiger partial charge in [-0.05, 0) is 11.6 Å². The number of aromatic nitrogens is 3. The van der Waals surface area contributed by atoms with Crippen LogP contribution in [0, 0.1) is 0 Å². The van der Waals surface area contributed by atoms with Crippen LogP contribution in [0.3, 0.4) is 0 Å². The highest BCUT2D eigenvalue weighted by Crippen LogP contribution is 2.30. The van der Waals surface area contributed by atoms with Crippen molar-refractivity contribution in [1.82, 2.24) is 14.8 Å². The predicted octanol–water partition coefficient (Wildman–Crippen LogP) is 3.37. The molecular formula is C19H15N3O3. The Morgan fingerprint density at radius 2 is 1.80 bits per heavy atom. The molecule has 4 rings (SSSR count). The number of benzene rings is 2. The van der Waals surface area contributed by atoms with E-state index in [9.17, 15) is 4.79 Å². The van der Waals surface area contributed by atoms with Gasteiger partial charge in [0.15, 0.2) is 0 Å². The van der Waals surface area contributed by atoms with Crippen LogP contribution in [0.25, 0.3) is 22.4 Å². The second kappa shape index (κ2) is 6.24. The van der Waals surface area contributed by atoms with Gasteiger partial charge < -0.3 is 14.1 Å². The van der Waals surface area contributed by atoms with E-state index in [2.05, 4.69) is 10.2 Å². The molecule has 0 amide bonds. The van der Waals surface area contributed by atoms with E-state index in [1.807, 2.05) is 54.6 Å². The average molecular weight is 333 g/mol. The molecule has 0 aliphatic rings.